The Labute approximate surface area is 120 Å². The van der Waals surface area contributed by atoms with Crippen molar-refractivity contribution in [2.24, 2.45) is 5.73 Å². The number of aliphatic hydroxyl groups is 1. The van der Waals surface area contributed by atoms with Crippen LogP contribution in [-0.2, 0) is 4.79 Å². The zero-order valence-corrected chi connectivity index (χ0v) is 12.5. The number of carbonyl (C=O) groups excluding carboxylic acids is 1. The van der Waals surface area contributed by atoms with Gasteiger partial charge in [0, 0.05) is 32.6 Å². The van der Waals surface area contributed by atoms with E-state index in [1.54, 1.807) is 11.9 Å². The van der Waals surface area contributed by atoms with Crippen molar-refractivity contribution in [3.63, 3.8) is 0 Å². The summed E-state index contributed by atoms with van der Waals surface area (Å²) in [6.45, 7) is 1.60. The highest BCUT2D eigenvalue weighted by Crippen LogP contribution is 2.23. The Hall–Kier alpha value is -0.720. The summed E-state index contributed by atoms with van der Waals surface area (Å²) in [7, 11) is 1.77. The van der Waals surface area contributed by atoms with Gasteiger partial charge in [-0.25, -0.2) is 0 Å². The van der Waals surface area contributed by atoms with Crippen molar-refractivity contribution in [2.45, 2.75) is 38.1 Å². The van der Waals surface area contributed by atoms with E-state index in [-0.39, 0.29) is 12.5 Å². The Balaban J connectivity index is 2.43. The normalized spacial score (nSPS) is 15.9. The lowest BCUT2D eigenvalue weighted by molar-refractivity contribution is -0.131. The fraction of sp³-hybridized carbons (Fsp3) is 0.846. The summed E-state index contributed by atoms with van der Waals surface area (Å²) in [5.41, 5.74) is 5.44. The van der Waals surface area contributed by atoms with Gasteiger partial charge in [0.25, 0.3) is 0 Å². The van der Waals surface area contributed by atoms with Crippen LogP contribution in [0.2, 0.25) is 0 Å². The van der Waals surface area contributed by atoms with Crippen LogP contribution in [0.4, 0.5) is 0 Å². The molecule has 0 aromatic carbocycles. The van der Waals surface area contributed by atoms with Gasteiger partial charge in [0.15, 0.2) is 0 Å². The highest BCUT2D eigenvalue weighted by molar-refractivity contribution is 7.80. The van der Waals surface area contributed by atoms with Gasteiger partial charge in [-0.1, -0.05) is 25.1 Å². The van der Waals surface area contributed by atoms with E-state index >= 15 is 0 Å². The number of amides is 1. The van der Waals surface area contributed by atoms with Crippen LogP contribution in [0.25, 0.3) is 0 Å². The molecule has 0 radical (unpaired) electrons. The first-order chi connectivity index (χ1) is 9.04. The number of carbonyl (C=O) groups is 1. The van der Waals surface area contributed by atoms with E-state index in [2.05, 4.69) is 4.90 Å². The van der Waals surface area contributed by atoms with Crippen LogP contribution in [0.5, 0.6) is 0 Å². The predicted octanol–water partition coefficient (Wildman–Crippen LogP) is 0.358. The fourth-order valence-electron chi connectivity index (χ4n) is 2.49. The predicted molar refractivity (Wildman–Crippen MR) is 80.0 cm³/mol. The summed E-state index contributed by atoms with van der Waals surface area (Å²) >= 11 is 4.81. The number of likely N-dealkylation sites (N-methyl/N-ethyl adjacent to an activating group) is 1. The van der Waals surface area contributed by atoms with Crippen molar-refractivity contribution >= 4 is 23.1 Å². The van der Waals surface area contributed by atoms with Gasteiger partial charge in [-0.05, 0) is 12.8 Å². The first-order valence-electron chi connectivity index (χ1n) is 6.91. The van der Waals surface area contributed by atoms with E-state index in [4.69, 9.17) is 23.1 Å². The van der Waals surface area contributed by atoms with E-state index in [9.17, 15) is 4.79 Å². The molecule has 0 aromatic rings. The lowest BCUT2D eigenvalue weighted by Crippen LogP contribution is -2.44. The van der Waals surface area contributed by atoms with Crippen LogP contribution in [-0.4, -0.2) is 65.1 Å². The van der Waals surface area contributed by atoms with Crippen LogP contribution in [0.1, 0.15) is 32.1 Å². The Morgan fingerprint density at radius 1 is 1.37 bits per heavy atom. The number of rotatable bonds is 8. The lowest BCUT2D eigenvalue weighted by atomic mass is 10.2. The fourth-order valence-corrected chi connectivity index (χ4v) is 2.58. The Bertz CT molecular complexity index is 306. The average Bonchev–Trinajstić information content (AvgIpc) is 2.88. The summed E-state index contributed by atoms with van der Waals surface area (Å²) in [5, 5.41) is 9.12. The second-order valence-corrected chi connectivity index (χ2v) is 5.69. The molecule has 0 spiro atoms. The number of nitrogens with two attached hydrogens (primary N) is 1. The van der Waals surface area contributed by atoms with Crippen LogP contribution in [0, 0.1) is 0 Å². The standard InChI is InChI=1S/C13H25N3O2S/c1-15(7-6-12(14)19)13(18)10-16(8-9-17)11-4-2-3-5-11/h11,17H,2-10H2,1H3,(H2,14,19). The van der Waals surface area contributed by atoms with Crippen molar-refractivity contribution in [1.82, 2.24) is 9.80 Å². The Morgan fingerprint density at radius 3 is 2.53 bits per heavy atom. The molecule has 6 heteroatoms. The van der Waals surface area contributed by atoms with Gasteiger partial charge in [0.2, 0.25) is 5.91 Å². The van der Waals surface area contributed by atoms with Crippen LogP contribution < -0.4 is 5.73 Å². The highest BCUT2D eigenvalue weighted by atomic mass is 32.1. The molecule has 1 aliphatic carbocycles. The third kappa shape index (κ3) is 5.84. The first kappa shape index (κ1) is 16.3. The number of aliphatic hydroxyl groups excluding tert-OH is 1. The Kier molecular flexibility index (Phi) is 7.27. The van der Waals surface area contributed by atoms with E-state index in [0.717, 1.165) is 12.8 Å². The van der Waals surface area contributed by atoms with Crippen molar-refractivity contribution < 1.29 is 9.90 Å². The van der Waals surface area contributed by atoms with Crippen LogP contribution >= 0.6 is 12.2 Å². The Morgan fingerprint density at radius 2 is 2.00 bits per heavy atom. The molecule has 0 saturated heterocycles. The molecule has 1 saturated carbocycles. The van der Waals surface area contributed by atoms with Gasteiger partial charge in [0.05, 0.1) is 18.1 Å². The molecule has 1 amide bonds. The molecule has 0 unspecified atom stereocenters. The van der Waals surface area contributed by atoms with Gasteiger partial charge in [-0.3, -0.25) is 9.69 Å². The molecule has 1 rings (SSSR count). The molecule has 0 heterocycles. The molecular formula is C13H25N3O2S. The molecule has 1 aliphatic rings. The van der Waals surface area contributed by atoms with Gasteiger partial charge < -0.3 is 15.7 Å². The summed E-state index contributed by atoms with van der Waals surface area (Å²) < 4.78 is 0. The van der Waals surface area contributed by atoms with Crippen molar-refractivity contribution in [2.75, 3.05) is 33.3 Å². The zero-order valence-electron chi connectivity index (χ0n) is 11.7. The summed E-state index contributed by atoms with van der Waals surface area (Å²) in [5.74, 6) is 0.0663. The topological polar surface area (TPSA) is 69.8 Å². The van der Waals surface area contributed by atoms with Gasteiger partial charge >= 0.3 is 0 Å². The number of thiocarbonyl (C=S) groups is 1. The molecule has 0 bridgehead atoms. The second-order valence-electron chi connectivity index (χ2n) is 5.16. The first-order valence-corrected chi connectivity index (χ1v) is 7.32. The quantitative estimate of drug-likeness (QED) is 0.631. The average molecular weight is 287 g/mol. The van der Waals surface area contributed by atoms with E-state index in [0.29, 0.717) is 37.1 Å². The maximum Gasteiger partial charge on any atom is 0.236 e. The van der Waals surface area contributed by atoms with Gasteiger partial charge in [-0.15, -0.1) is 0 Å². The maximum atomic E-state index is 12.1. The molecular weight excluding hydrogens is 262 g/mol. The minimum Gasteiger partial charge on any atom is -0.395 e. The molecule has 110 valence electrons. The van der Waals surface area contributed by atoms with Crippen LogP contribution in [0.15, 0.2) is 0 Å². The second kappa shape index (κ2) is 8.45. The lowest BCUT2D eigenvalue weighted by Gasteiger charge is -2.29. The van der Waals surface area contributed by atoms with Crippen molar-refractivity contribution in [3.05, 3.63) is 0 Å². The van der Waals surface area contributed by atoms with Crippen molar-refractivity contribution in [1.29, 1.82) is 0 Å². The zero-order chi connectivity index (χ0) is 14.3. The van der Waals surface area contributed by atoms with Crippen molar-refractivity contribution in [3.8, 4) is 0 Å². The van der Waals surface area contributed by atoms with Gasteiger partial charge in [-0.2, -0.15) is 0 Å². The maximum absolute atomic E-state index is 12.1. The SMILES string of the molecule is CN(CCC(N)=S)C(=O)CN(CCO)C1CCCC1. The molecule has 0 aromatic heterocycles. The summed E-state index contributed by atoms with van der Waals surface area (Å²) in [4.78, 5) is 16.3. The number of hydrogen-bond donors (Lipinski definition) is 2. The van der Waals surface area contributed by atoms with E-state index in [1.807, 2.05) is 0 Å². The molecule has 3 N–H and O–H groups in total. The smallest absolute Gasteiger partial charge is 0.236 e. The molecule has 0 atom stereocenters. The summed E-state index contributed by atoms with van der Waals surface area (Å²) in [6.07, 6.45) is 5.25. The number of hydrogen-bond acceptors (Lipinski definition) is 4. The molecule has 5 nitrogen and oxygen atoms in total. The van der Waals surface area contributed by atoms with Crippen LogP contribution in [0.3, 0.4) is 0 Å². The highest BCUT2D eigenvalue weighted by Gasteiger charge is 2.24. The molecule has 0 aliphatic heterocycles. The third-order valence-corrected chi connectivity index (χ3v) is 3.89. The summed E-state index contributed by atoms with van der Waals surface area (Å²) in [6, 6.07) is 0.445. The van der Waals surface area contributed by atoms with Gasteiger partial charge in [0.1, 0.15) is 0 Å². The van der Waals surface area contributed by atoms with E-state index in [1.165, 1.54) is 12.8 Å². The molecule has 1 fully saturated rings. The largest absolute Gasteiger partial charge is 0.395 e. The minimum absolute atomic E-state index is 0.0663. The third-order valence-electron chi connectivity index (χ3n) is 3.69. The van der Waals surface area contributed by atoms with E-state index < -0.39 is 0 Å². The number of nitrogens with zero attached hydrogens (tertiary/aromatic N) is 2. The monoisotopic (exact) mass is 287 g/mol. The minimum atomic E-state index is 0.0663. The molecule has 19 heavy (non-hydrogen) atoms.